The van der Waals surface area contributed by atoms with Crippen molar-refractivity contribution < 1.29 is 0 Å². The van der Waals surface area contributed by atoms with Crippen LogP contribution in [0.4, 0.5) is 0 Å². The van der Waals surface area contributed by atoms with Crippen LogP contribution in [0.5, 0.6) is 0 Å². The van der Waals surface area contributed by atoms with Crippen molar-refractivity contribution >= 4 is 0 Å². The van der Waals surface area contributed by atoms with Gasteiger partial charge in [-0.1, -0.05) is 46.5 Å². The first kappa shape index (κ1) is 13.1. The molecule has 0 saturated carbocycles. The van der Waals surface area contributed by atoms with E-state index in [1.54, 1.807) is 6.33 Å². The van der Waals surface area contributed by atoms with Gasteiger partial charge in [0.1, 0.15) is 6.33 Å². The zero-order chi connectivity index (χ0) is 11.9. The summed E-state index contributed by atoms with van der Waals surface area (Å²) in [5.41, 5.74) is 1.63. The predicted octanol–water partition coefficient (Wildman–Crippen LogP) is 4.02. The fourth-order valence-electron chi connectivity index (χ4n) is 2.09. The Morgan fingerprint density at radius 2 is 1.75 bits per heavy atom. The van der Waals surface area contributed by atoms with E-state index in [2.05, 4.69) is 30.7 Å². The van der Waals surface area contributed by atoms with Crippen LogP contribution in [0, 0.1) is 5.41 Å². The molecule has 2 nitrogen and oxygen atoms in total. The van der Waals surface area contributed by atoms with Gasteiger partial charge in [0, 0.05) is 12.4 Å². The molecule has 1 heterocycles. The lowest BCUT2D eigenvalue weighted by Crippen LogP contribution is -2.15. The largest absolute Gasteiger partial charge is 0.245 e. The maximum absolute atomic E-state index is 4.07. The minimum Gasteiger partial charge on any atom is -0.245 e. The van der Waals surface area contributed by atoms with Gasteiger partial charge in [0.15, 0.2) is 0 Å². The fraction of sp³-hybridized carbons (Fsp3) is 0.714. The molecule has 0 N–H and O–H groups in total. The van der Waals surface area contributed by atoms with Crippen LogP contribution in [0.3, 0.4) is 0 Å². The molecule has 16 heavy (non-hydrogen) atoms. The van der Waals surface area contributed by atoms with Crippen molar-refractivity contribution in [2.45, 2.75) is 59.3 Å². The standard InChI is InChI=1S/C14H24N2/c1-4-5-6-7-8-14(2,3)9-13-10-15-12-16-11-13/h10-12H,4-9H2,1-3H3. The van der Waals surface area contributed by atoms with Gasteiger partial charge in [-0.3, -0.25) is 0 Å². The van der Waals surface area contributed by atoms with Crippen LogP contribution < -0.4 is 0 Å². The van der Waals surface area contributed by atoms with Gasteiger partial charge in [0.05, 0.1) is 0 Å². The summed E-state index contributed by atoms with van der Waals surface area (Å²) in [6, 6.07) is 0. The van der Waals surface area contributed by atoms with Crippen molar-refractivity contribution in [3.8, 4) is 0 Å². The summed E-state index contributed by atoms with van der Waals surface area (Å²) in [4.78, 5) is 8.13. The van der Waals surface area contributed by atoms with Crippen molar-refractivity contribution in [3.63, 3.8) is 0 Å². The number of hydrogen-bond acceptors (Lipinski definition) is 2. The molecule has 0 fully saturated rings. The fourth-order valence-corrected chi connectivity index (χ4v) is 2.09. The highest BCUT2D eigenvalue weighted by Gasteiger charge is 2.18. The number of unbranched alkanes of at least 4 members (excludes halogenated alkanes) is 3. The minimum absolute atomic E-state index is 0.373. The number of hydrogen-bond donors (Lipinski definition) is 0. The molecule has 0 aliphatic heterocycles. The van der Waals surface area contributed by atoms with Gasteiger partial charge in [-0.05, 0) is 23.8 Å². The summed E-state index contributed by atoms with van der Waals surface area (Å²) in [7, 11) is 0. The van der Waals surface area contributed by atoms with Crippen molar-refractivity contribution in [1.82, 2.24) is 9.97 Å². The number of aromatic nitrogens is 2. The minimum atomic E-state index is 0.373. The van der Waals surface area contributed by atoms with Gasteiger partial charge in [-0.25, -0.2) is 9.97 Å². The summed E-state index contributed by atoms with van der Waals surface area (Å²) < 4.78 is 0. The maximum atomic E-state index is 4.07. The van der Waals surface area contributed by atoms with Crippen molar-refractivity contribution in [2.75, 3.05) is 0 Å². The molecular weight excluding hydrogens is 196 g/mol. The topological polar surface area (TPSA) is 25.8 Å². The van der Waals surface area contributed by atoms with E-state index < -0.39 is 0 Å². The Bertz CT molecular complexity index is 280. The smallest absolute Gasteiger partial charge is 0.115 e. The monoisotopic (exact) mass is 220 g/mol. The van der Waals surface area contributed by atoms with Gasteiger partial charge < -0.3 is 0 Å². The van der Waals surface area contributed by atoms with E-state index in [9.17, 15) is 0 Å². The van der Waals surface area contributed by atoms with E-state index in [0.717, 1.165) is 6.42 Å². The molecule has 0 unspecified atom stereocenters. The first-order valence-corrected chi connectivity index (χ1v) is 6.38. The lowest BCUT2D eigenvalue weighted by Gasteiger charge is -2.24. The molecule has 0 saturated heterocycles. The molecule has 0 aromatic carbocycles. The Labute approximate surface area is 99.5 Å². The van der Waals surface area contributed by atoms with E-state index in [1.807, 2.05) is 12.4 Å². The molecule has 1 rings (SSSR count). The third-order valence-electron chi connectivity index (χ3n) is 3.00. The van der Waals surface area contributed by atoms with Crippen LogP contribution in [0.25, 0.3) is 0 Å². The molecule has 0 radical (unpaired) electrons. The molecular formula is C14H24N2. The molecule has 2 heteroatoms. The third kappa shape index (κ3) is 5.24. The first-order valence-electron chi connectivity index (χ1n) is 6.38. The molecule has 0 spiro atoms. The maximum Gasteiger partial charge on any atom is 0.115 e. The van der Waals surface area contributed by atoms with Crippen LogP contribution in [0.15, 0.2) is 18.7 Å². The highest BCUT2D eigenvalue weighted by molar-refractivity contribution is 5.05. The Balaban J connectivity index is 2.33. The molecule has 1 aromatic rings. The number of rotatable bonds is 7. The molecule has 0 bridgehead atoms. The average molecular weight is 220 g/mol. The van der Waals surface area contributed by atoms with Gasteiger partial charge in [0.2, 0.25) is 0 Å². The summed E-state index contributed by atoms with van der Waals surface area (Å²) in [6.45, 7) is 6.93. The van der Waals surface area contributed by atoms with Gasteiger partial charge >= 0.3 is 0 Å². The van der Waals surface area contributed by atoms with Crippen LogP contribution >= 0.6 is 0 Å². The predicted molar refractivity (Wildman–Crippen MR) is 68.3 cm³/mol. The first-order chi connectivity index (χ1) is 7.64. The van der Waals surface area contributed by atoms with Crippen LogP contribution in [-0.4, -0.2) is 9.97 Å². The van der Waals surface area contributed by atoms with Gasteiger partial charge in [-0.15, -0.1) is 0 Å². The van der Waals surface area contributed by atoms with E-state index in [1.165, 1.54) is 37.7 Å². The van der Waals surface area contributed by atoms with E-state index in [4.69, 9.17) is 0 Å². The summed E-state index contributed by atoms with van der Waals surface area (Å²) in [6.07, 6.45) is 13.2. The Hall–Kier alpha value is -0.920. The lowest BCUT2D eigenvalue weighted by atomic mass is 9.81. The zero-order valence-electron chi connectivity index (χ0n) is 10.9. The molecule has 90 valence electrons. The van der Waals surface area contributed by atoms with Crippen molar-refractivity contribution in [2.24, 2.45) is 5.41 Å². The normalized spacial score (nSPS) is 11.7. The molecule has 1 aromatic heterocycles. The van der Waals surface area contributed by atoms with E-state index in [0.29, 0.717) is 5.41 Å². The second-order valence-electron chi connectivity index (χ2n) is 5.40. The molecule has 0 aliphatic carbocycles. The van der Waals surface area contributed by atoms with Crippen LogP contribution in [0.2, 0.25) is 0 Å². The third-order valence-corrected chi connectivity index (χ3v) is 3.00. The average Bonchev–Trinajstić information content (AvgIpc) is 2.25. The molecule has 0 atom stereocenters. The molecule has 0 amide bonds. The Kier molecular flexibility index (Phi) is 5.44. The second kappa shape index (κ2) is 6.62. The number of nitrogens with zero attached hydrogens (tertiary/aromatic N) is 2. The van der Waals surface area contributed by atoms with Gasteiger partial charge in [-0.2, -0.15) is 0 Å². The molecule has 0 aliphatic rings. The summed E-state index contributed by atoms with van der Waals surface area (Å²) in [5, 5.41) is 0. The van der Waals surface area contributed by atoms with Crippen molar-refractivity contribution in [3.05, 3.63) is 24.3 Å². The van der Waals surface area contributed by atoms with E-state index >= 15 is 0 Å². The summed E-state index contributed by atoms with van der Waals surface area (Å²) >= 11 is 0. The van der Waals surface area contributed by atoms with Crippen LogP contribution in [0.1, 0.15) is 58.4 Å². The highest BCUT2D eigenvalue weighted by Crippen LogP contribution is 2.28. The summed E-state index contributed by atoms with van der Waals surface area (Å²) in [5.74, 6) is 0. The zero-order valence-corrected chi connectivity index (χ0v) is 10.9. The van der Waals surface area contributed by atoms with Crippen LogP contribution in [-0.2, 0) is 6.42 Å². The SMILES string of the molecule is CCCCCCC(C)(C)Cc1cncnc1. The lowest BCUT2D eigenvalue weighted by molar-refractivity contribution is 0.316. The van der Waals surface area contributed by atoms with Gasteiger partial charge in [0.25, 0.3) is 0 Å². The Morgan fingerprint density at radius 3 is 2.38 bits per heavy atom. The Morgan fingerprint density at radius 1 is 1.06 bits per heavy atom. The van der Waals surface area contributed by atoms with E-state index in [-0.39, 0.29) is 0 Å². The quantitative estimate of drug-likeness (QED) is 0.649. The van der Waals surface area contributed by atoms with Crippen molar-refractivity contribution in [1.29, 1.82) is 0 Å². The second-order valence-corrected chi connectivity index (χ2v) is 5.40. The highest BCUT2D eigenvalue weighted by atomic mass is 14.8.